The molecule has 0 fully saturated rings. The molecule has 0 amide bonds. The molecule has 1 N–H and O–H groups in total. The first-order valence-corrected chi connectivity index (χ1v) is 10.5. The molecule has 0 saturated carbocycles. The molecule has 0 aromatic heterocycles. The van der Waals surface area contributed by atoms with Crippen LogP contribution in [0.1, 0.15) is 64.9 Å². The van der Waals surface area contributed by atoms with Crippen LogP contribution in [0.15, 0.2) is 34.5 Å². The van der Waals surface area contributed by atoms with Gasteiger partial charge in [0, 0.05) is 29.3 Å². The number of hydrogen-bond donors (Lipinski definition) is 1. The van der Waals surface area contributed by atoms with Gasteiger partial charge in [0.2, 0.25) is 0 Å². The summed E-state index contributed by atoms with van der Waals surface area (Å²) in [6.07, 6.45) is 2.79. The van der Waals surface area contributed by atoms with Crippen LogP contribution in [-0.2, 0) is 14.3 Å². The van der Waals surface area contributed by atoms with Crippen molar-refractivity contribution in [3.63, 3.8) is 0 Å². The quantitative estimate of drug-likeness (QED) is 0.546. The summed E-state index contributed by atoms with van der Waals surface area (Å²) in [4.78, 5) is 31.0. The van der Waals surface area contributed by atoms with E-state index in [1.54, 1.807) is 12.1 Å². The van der Waals surface area contributed by atoms with E-state index in [0.717, 1.165) is 24.1 Å². The van der Waals surface area contributed by atoms with Crippen LogP contribution in [0.3, 0.4) is 0 Å². The first kappa shape index (κ1) is 22.1. The van der Waals surface area contributed by atoms with Gasteiger partial charge in [-0.15, -0.1) is 0 Å². The summed E-state index contributed by atoms with van der Waals surface area (Å²) >= 11 is 0. The van der Waals surface area contributed by atoms with Crippen LogP contribution in [-0.4, -0.2) is 36.3 Å². The summed E-state index contributed by atoms with van der Waals surface area (Å²) in [5, 5.41) is 10.0. The second-order valence-corrected chi connectivity index (χ2v) is 8.96. The van der Waals surface area contributed by atoms with Crippen LogP contribution < -0.4 is 4.74 Å². The molecule has 2 aliphatic rings. The molecule has 162 valence electrons. The van der Waals surface area contributed by atoms with Gasteiger partial charge in [0.05, 0.1) is 13.7 Å². The van der Waals surface area contributed by atoms with Crippen molar-refractivity contribution in [3.8, 4) is 11.5 Å². The molecule has 3 rings (SSSR count). The second kappa shape index (κ2) is 8.62. The number of aromatic hydroxyl groups is 1. The van der Waals surface area contributed by atoms with Gasteiger partial charge < -0.3 is 14.6 Å². The van der Waals surface area contributed by atoms with Crippen molar-refractivity contribution in [1.29, 1.82) is 0 Å². The average Bonchev–Trinajstić information content (AvgIpc) is 2.66. The lowest BCUT2D eigenvalue weighted by Gasteiger charge is -2.39. The highest BCUT2D eigenvalue weighted by atomic mass is 16.5. The van der Waals surface area contributed by atoms with Gasteiger partial charge in [0.1, 0.15) is 5.92 Å². The van der Waals surface area contributed by atoms with Gasteiger partial charge in [-0.1, -0.05) is 33.3 Å². The predicted molar refractivity (Wildman–Crippen MR) is 115 cm³/mol. The lowest BCUT2D eigenvalue weighted by Crippen LogP contribution is -2.39. The lowest BCUT2D eigenvalue weighted by molar-refractivity contribution is -0.146. The van der Waals surface area contributed by atoms with Gasteiger partial charge in [-0.3, -0.25) is 14.6 Å². The molecular formula is C24H31NO5. The van der Waals surface area contributed by atoms with Crippen molar-refractivity contribution in [2.45, 2.75) is 59.3 Å². The fourth-order valence-electron chi connectivity index (χ4n) is 4.41. The summed E-state index contributed by atoms with van der Waals surface area (Å²) in [6, 6.07) is 4.97. The largest absolute Gasteiger partial charge is 0.504 e. The lowest BCUT2D eigenvalue weighted by atomic mass is 9.67. The third kappa shape index (κ3) is 4.27. The van der Waals surface area contributed by atoms with E-state index in [1.165, 1.54) is 13.2 Å². The SMILES string of the molecule is CCCCOC(=O)C1C(C)=NC2=C(C(=O)CC(C)(C)C2)[C@H]1c1ccc(O)c(OC)c1. The van der Waals surface area contributed by atoms with E-state index in [2.05, 4.69) is 13.8 Å². The third-order valence-electron chi connectivity index (χ3n) is 5.86. The maximum Gasteiger partial charge on any atom is 0.315 e. The molecule has 1 unspecified atom stereocenters. The number of rotatable bonds is 6. The first-order valence-electron chi connectivity index (χ1n) is 10.5. The summed E-state index contributed by atoms with van der Waals surface area (Å²) in [6.45, 7) is 8.32. The number of carbonyl (C=O) groups is 2. The van der Waals surface area contributed by atoms with Crippen molar-refractivity contribution in [1.82, 2.24) is 0 Å². The predicted octanol–water partition coefficient (Wildman–Crippen LogP) is 4.56. The topological polar surface area (TPSA) is 85.2 Å². The van der Waals surface area contributed by atoms with E-state index in [1.807, 2.05) is 13.8 Å². The summed E-state index contributed by atoms with van der Waals surface area (Å²) in [7, 11) is 1.47. The molecular weight excluding hydrogens is 382 g/mol. The minimum atomic E-state index is -0.681. The number of ether oxygens (including phenoxy) is 2. The molecule has 0 radical (unpaired) electrons. The maximum absolute atomic E-state index is 13.2. The minimum Gasteiger partial charge on any atom is -0.504 e. The smallest absolute Gasteiger partial charge is 0.315 e. The number of phenols is 1. The Morgan fingerprint density at radius 1 is 1.30 bits per heavy atom. The number of nitrogens with zero attached hydrogens (tertiary/aromatic N) is 1. The zero-order valence-corrected chi connectivity index (χ0v) is 18.4. The normalized spacial score (nSPS) is 23.0. The fraction of sp³-hybridized carbons (Fsp3) is 0.542. The Balaban J connectivity index is 2.11. The Kier molecular flexibility index (Phi) is 6.34. The number of aliphatic imine (C=N–C) groups is 1. The number of carbonyl (C=O) groups excluding carboxylic acids is 2. The molecule has 1 aliphatic carbocycles. The molecule has 6 nitrogen and oxygen atoms in total. The number of methoxy groups -OCH3 is 1. The van der Waals surface area contributed by atoms with Gasteiger partial charge in [-0.2, -0.15) is 0 Å². The van der Waals surface area contributed by atoms with Crippen LogP contribution in [0.2, 0.25) is 0 Å². The highest BCUT2D eigenvalue weighted by molar-refractivity contribution is 6.09. The molecule has 1 aromatic rings. The fourth-order valence-corrected chi connectivity index (χ4v) is 4.41. The van der Waals surface area contributed by atoms with Gasteiger partial charge in [-0.05, 0) is 42.9 Å². The molecule has 0 spiro atoms. The standard InChI is InChI=1S/C24H31NO5/c1-6-7-10-30-23(28)20-14(2)25-16-12-24(3,4)13-18(27)22(16)21(20)15-8-9-17(26)19(11-15)29-5/h8-9,11,20-21,26H,6-7,10,12-13H2,1-5H3/t20?,21-/m0/s1. The molecule has 0 saturated heterocycles. The Labute approximate surface area is 178 Å². The van der Waals surface area contributed by atoms with Crippen LogP contribution >= 0.6 is 0 Å². The molecule has 1 aromatic carbocycles. The first-order chi connectivity index (χ1) is 14.2. The third-order valence-corrected chi connectivity index (χ3v) is 5.86. The maximum atomic E-state index is 13.2. The monoisotopic (exact) mass is 413 g/mol. The van der Waals surface area contributed by atoms with E-state index >= 15 is 0 Å². The Morgan fingerprint density at radius 3 is 2.70 bits per heavy atom. The van der Waals surface area contributed by atoms with Crippen LogP contribution in [0, 0.1) is 11.3 Å². The van der Waals surface area contributed by atoms with Gasteiger partial charge >= 0.3 is 5.97 Å². The van der Waals surface area contributed by atoms with E-state index in [9.17, 15) is 14.7 Å². The van der Waals surface area contributed by atoms with Gasteiger partial charge in [0.15, 0.2) is 17.3 Å². The Hall–Kier alpha value is -2.63. The average molecular weight is 414 g/mol. The van der Waals surface area contributed by atoms with Crippen molar-refractivity contribution < 1.29 is 24.2 Å². The van der Waals surface area contributed by atoms with E-state index < -0.39 is 11.8 Å². The molecule has 0 bridgehead atoms. The summed E-state index contributed by atoms with van der Waals surface area (Å²) in [5.41, 5.74) is 2.55. The molecule has 1 heterocycles. The van der Waals surface area contributed by atoms with E-state index in [0.29, 0.717) is 36.5 Å². The van der Waals surface area contributed by atoms with Crippen LogP contribution in [0.25, 0.3) is 0 Å². The van der Waals surface area contributed by atoms with Crippen LogP contribution in [0.5, 0.6) is 11.5 Å². The van der Waals surface area contributed by atoms with Crippen LogP contribution in [0.4, 0.5) is 0 Å². The molecule has 30 heavy (non-hydrogen) atoms. The minimum absolute atomic E-state index is 0.00910. The number of phenolic OH excluding ortho intramolecular Hbond substituents is 1. The molecule has 1 aliphatic heterocycles. The van der Waals surface area contributed by atoms with E-state index in [-0.39, 0.29) is 22.9 Å². The molecule has 2 atom stereocenters. The van der Waals surface area contributed by atoms with Crippen molar-refractivity contribution in [2.24, 2.45) is 16.3 Å². The highest BCUT2D eigenvalue weighted by Gasteiger charge is 2.46. The van der Waals surface area contributed by atoms with Gasteiger partial charge in [0.25, 0.3) is 0 Å². The molecule has 6 heteroatoms. The van der Waals surface area contributed by atoms with Crippen molar-refractivity contribution in [2.75, 3.05) is 13.7 Å². The number of Topliss-reactive ketones (excluding diaryl/α,β-unsaturated/α-hetero) is 1. The summed E-state index contributed by atoms with van der Waals surface area (Å²) < 4.78 is 10.8. The zero-order chi connectivity index (χ0) is 22.1. The second-order valence-electron chi connectivity index (χ2n) is 8.96. The Bertz CT molecular complexity index is 912. The summed E-state index contributed by atoms with van der Waals surface area (Å²) in [5.74, 6) is -1.23. The van der Waals surface area contributed by atoms with Crippen molar-refractivity contribution >= 4 is 17.5 Å². The Morgan fingerprint density at radius 2 is 2.03 bits per heavy atom. The number of esters is 1. The van der Waals surface area contributed by atoms with E-state index in [4.69, 9.17) is 14.5 Å². The number of allylic oxidation sites excluding steroid dienone is 2. The van der Waals surface area contributed by atoms with Gasteiger partial charge in [-0.25, -0.2) is 0 Å². The number of ketones is 1. The van der Waals surface area contributed by atoms with Crippen molar-refractivity contribution in [3.05, 3.63) is 35.0 Å². The number of benzene rings is 1. The highest BCUT2D eigenvalue weighted by Crippen LogP contribution is 2.48. The number of unbranched alkanes of at least 4 members (excludes halogenated alkanes) is 1. The zero-order valence-electron chi connectivity index (χ0n) is 18.4. The number of hydrogen-bond acceptors (Lipinski definition) is 6.